The quantitative estimate of drug-likeness (QED) is 0.718. The van der Waals surface area contributed by atoms with Crippen LogP contribution in [0.2, 0.25) is 0 Å². The van der Waals surface area contributed by atoms with Crippen molar-refractivity contribution in [2.45, 2.75) is 6.92 Å². The van der Waals surface area contributed by atoms with E-state index in [1.807, 2.05) is 36.4 Å². The lowest BCUT2D eigenvalue weighted by atomic mass is 10.0. The minimum atomic E-state index is -0.317. The summed E-state index contributed by atoms with van der Waals surface area (Å²) in [6, 6.07) is 11.9. The topological polar surface area (TPSA) is 35.5 Å². The molecule has 0 fully saturated rings. The third-order valence-corrected chi connectivity index (χ3v) is 2.90. The van der Waals surface area contributed by atoms with E-state index in [4.69, 9.17) is 9.47 Å². The lowest BCUT2D eigenvalue weighted by molar-refractivity contribution is -0.134. The summed E-state index contributed by atoms with van der Waals surface area (Å²) in [6.07, 6.45) is 1.78. The number of hydrogen-bond donors (Lipinski definition) is 0. The molecule has 3 rings (SSSR count). The number of benzene rings is 2. The number of carbonyl (C=O) groups excluding carboxylic acids is 1. The van der Waals surface area contributed by atoms with Crippen molar-refractivity contribution in [1.82, 2.24) is 0 Å². The Morgan fingerprint density at radius 2 is 2.06 bits per heavy atom. The van der Waals surface area contributed by atoms with Crippen LogP contribution in [0.4, 0.5) is 0 Å². The Morgan fingerprint density at radius 1 is 1.22 bits per heavy atom. The highest BCUT2D eigenvalue weighted by molar-refractivity contribution is 5.94. The molecule has 2 aromatic carbocycles. The van der Waals surface area contributed by atoms with Crippen molar-refractivity contribution < 1.29 is 14.3 Å². The maximum Gasteiger partial charge on any atom is 0.308 e. The smallest absolute Gasteiger partial charge is 0.308 e. The Hall–Kier alpha value is -2.29. The highest BCUT2D eigenvalue weighted by atomic mass is 16.5. The molecule has 3 nitrogen and oxygen atoms in total. The van der Waals surface area contributed by atoms with Crippen molar-refractivity contribution in [3.8, 4) is 5.75 Å². The maximum atomic E-state index is 11.1. The zero-order chi connectivity index (χ0) is 12.5. The number of fused-ring (bicyclic) bond motifs is 3. The second-order valence-corrected chi connectivity index (χ2v) is 4.14. The monoisotopic (exact) mass is 240 g/mol. The average Bonchev–Trinajstić information content (AvgIpc) is 2.38. The zero-order valence-electron chi connectivity index (χ0n) is 9.97. The minimum absolute atomic E-state index is 0.317. The second kappa shape index (κ2) is 4.18. The van der Waals surface area contributed by atoms with Gasteiger partial charge in [-0.25, -0.2) is 0 Å². The first-order valence-corrected chi connectivity index (χ1v) is 5.79. The van der Waals surface area contributed by atoms with E-state index in [9.17, 15) is 4.79 Å². The van der Waals surface area contributed by atoms with Gasteiger partial charge in [0.15, 0.2) is 0 Å². The molecule has 1 aliphatic heterocycles. The van der Waals surface area contributed by atoms with E-state index in [-0.39, 0.29) is 5.97 Å². The molecule has 2 aromatic rings. The lowest BCUT2D eigenvalue weighted by Crippen LogP contribution is -2.09. The average molecular weight is 240 g/mol. The molecular formula is C15H12O3. The van der Waals surface area contributed by atoms with Gasteiger partial charge in [0.1, 0.15) is 18.1 Å². The largest absolute Gasteiger partial charge is 0.488 e. The van der Waals surface area contributed by atoms with Crippen LogP contribution in [-0.4, -0.2) is 12.6 Å². The highest BCUT2D eigenvalue weighted by Gasteiger charge is 2.18. The van der Waals surface area contributed by atoms with Crippen molar-refractivity contribution in [3.05, 3.63) is 48.0 Å². The summed E-state index contributed by atoms with van der Waals surface area (Å²) >= 11 is 0. The molecule has 0 N–H and O–H groups in total. The van der Waals surface area contributed by atoms with Crippen LogP contribution in [0.5, 0.6) is 5.75 Å². The van der Waals surface area contributed by atoms with Gasteiger partial charge in [0, 0.05) is 12.3 Å². The normalized spacial score (nSPS) is 13.5. The van der Waals surface area contributed by atoms with Crippen molar-refractivity contribution in [3.63, 3.8) is 0 Å². The number of esters is 1. The summed E-state index contributed by atoms with van der Waals surface area (Å²) in [6.45, 7) is 1.82. The summed E-state index contributed by atoms with van der Waals surface area (Å²) in [5, 5.41) is 2.15. The fourth-order valence-electron chi connectivity index (χ4n) is 2.15. The van der Waals surface area contributed by atoms with E-state index in [0.717, 1.165) is 22.1 Å². The molecule has 90 valence electrons. The van der Waals surface area contributed by atoms with E-state index in [1.165, 1.54) is 6.92 Å². The first-order chi connectivity index (χ1) is 8.75. The molecule has 0 atom stereocenters. The van der Waals surface area contributed by atoms with Gasteiger partial charge in [-0.2, -0.15) is 0 Å². The number of ether oxygens (including phenoxy) is 2. The van der Waals surface area contributed by atoms with E-state index in [2.05, 4.69) is 0 Å². The number of hydrogen-bond acceptors (Lipinski definition) is 3. The van der Waals surface area contributed by atoms with E-state index < -0.39 is 0 Å². The third kappa shape index (κ3) is 1.74. The standard InChI is InChI=1S/C15H12O3/c1-10(16)18-14-8-9-17-15-12-5-3-2-4-11(12)6-7-13(14)15/h2-8H,9H2,1H3. The molecule has 0 bridgehead atoms. The summed E-state index contributed by atoms with van der Waals surface area (Å²) in [4.78, 5) is 11.1. The van der Waals surface area contributed by atoms with Crippen LogP contribution in [0.15, 0.2) is 42.5 Å². The second-order valence-electron chi connectivity index (χ2n) is 4.14. The third-order valence-electron chi connectivity index (χ3n) is 2.90. The van der Waals surface area contributed by atoms with Crippen LogP contribution in [0.25, 0.3) is 16.5 Å². The van der Waals surface area contributed by atoms with Gasteiger partial charge in [-0.15, -0.1) is 0 Å². The number of carbonyl (C=O) groups is 1. The SMILES string of the molecule is CC(=O)OC1=CCOc2c1ccc1ccccc21. The Labute approximate surface area is 105 Å². The molecule has 0 unspecified atom stereocenters. The van der Waals surface area contributed by atoms with Crippen molar-refractivity contribution in [1.29, 1.82) is 0 Å². The molecule has 0 radical (unpaired) electrons. The fourth-order valence-corrected chi connectivity index (χ4v) is 2.15. The molecule has 3 heteroatoms. The molecule has 1 aliphatic rings. The van der Waals surface area contributed by atoms with E-state index >= 15 is 0 Å². The molecular weight excluding hydrogens is 228 g/mol. The predicted octanol–water partition coefficient (Wildman–Crippen LogP) is 3.14. The van der Waals surface area contributed by atoms with Gasteiger partial charge >= 0.3 is 5.97 Å². The van der Waals surface area contributed by atoms with Crippen LogP contribution in [0.1, 0.15) is 12.5 Å². The molecule has 18 heavy (non-hydrogen) atoms. The van der Waals surface area contributed by atoms with Crippen molar-refractivity contribution in [2.24, 2.45) is 0 Å². The summed E-state index contributed by atoms with van der Waals surface area (Å²) in [5.41, 5.74) is 0.829. The zero-order valence-corrected chi connectivity index (χ0v) is 9.97. The molecule has 0 aliphatic carbocycles. The Morgan fingerprint density at radius 3 is 2.89 bits per heavy atom. The summed E-state index contributed by atoms with van der Waals surface area (Å²) in [7, 11) is 0. The molecule has 1 heterocycles. The van der Waals surface area contributed by atoms with Crippen LogP contribution in [0, 0.1) is 0 Å². The van der Waals surface area contributed by atoms with Gasteiger partial charge in [-0.3, -0.25) is 4.79 Å². The maximum absolute atomic E-state index is 11.1. The fraction of sp³-hybridized carbons (Fsp3) is 0.133. The Kier molecular flexibility index (Phi) is 2.52. The van der Waals surface area contributed by atoms with Crippen LogP contribution >= 0.6 is 0 Å². The predicted molar refractivity (Wildman–Crippen MR) is 69.2 cm³/mol. The van der Waals surface area contributed by atoms with E-state index in [1.54, 1.807) is 6.08 Å². The Bertz CT molecular complexity index is 656. The Balaban J connectivity index is 2.18. The van der Waals surface area contributed by atoms with Crippen molar-refractivity contribution in [2.75, 3.05) is 6.61 Å². The minimum Gasteiger partial charge on any atom is -0.488 e. The molecule has 0 amide bonds. The molecule has 0 spiro atoms. The van der Waals surface area contributed by atoms with Crippen LogP contribution in [-0.2, 0) is 9.53 Å². The first kappa shape index (κ1) is 10.8. The van der Waals surface area contributed by atoms with Gasteiger partial charge in [0.05, 0.1) is 5.56 Å². The van der Waals surface area contributed by atoms with Crippen LogP contribution < -0.4 is 4.74 Å². The molecule has 0 aromatic heterocycles. The van der Waals surface area contributed by atoms with Gasteiger partial charge in [-0.1, -0.05) is 30.3 Å². The van der Waals surface area contributed by atoms with Crippen LogP contribution in [0.3, 0.4) is 0 Å². The van der Waals surface area contributed by atoms with E-state index in [0.29, 0.717) is 12.4 Å². The summed E-state index contributed by atoms with van der Waals surface area (Å²) < 4.78 is 10.9. The first-order valence-electron chi connectivity index (χ1n) is 5.79. The van der Waals surface area contributed by atoms with Gasteiger partial charge < -0.3 is 9.47 Å². The lowest BCUT2D eigenvalue weighted by Gasteiger charge is -2.19. The van der Waals surface area contributed by atoms with Gasteiger partial charge in [-0.05, 0) is 17.5 Å². The molecule has 0 saturated heterocycles. The highest BCUT2D eigenvalue weighted by Crippen LogP contribution is 2.36. The van der Waals surface area contributed by atoms with Gasteiger partial charge in [0.2, 0.25) is 0 Å². The number of rotatable bonds is 1. The van der Waals surface area contributed by atoms with Crippen molar-refractivity contribution >= 4 is 22.5 Å². The molecule has 0 saturated carbocycles. The van der Waals surface area contributed by atoms with Gasteiger partial charge in [0.25, 0.3) is 0 Å². The summed E-state index contributed by atoms with van der Waals surface area (Å²) in [5.74, 6) is 1.05.